The predicted octanol–water partition coefficient (Wildman–Crippen LogP) is 2.57. The van der Waals surface area contributed by atoms with Gasteiger partial charge in [0.05, 0.1) is 0 Å². The topological polar surface area (TPSA) is 15.3 Å². The molecule has 1 heterocycles. The largest absolute Gasteiger partial charge is 0.412 e. The summed E-state index contributed by atoms with van der Waals surface area (Å²) >= 11 is 0. The second-order valence-corrected chi connectivity index (χ2v) is 4.44. The van der Waals surface area contributed by atoms with Crippen molar-refractivity contribution in [1.29, 1.82) is 0 Å². The molecule has 1 aliphatic rings. The Morgan fingerprint density at radius 3 is 2.59 bits per heavy atom. The number of nitrogens with zero attached hydrogens (tertiary/aromatic N) is 1. The van der Waals surface area contributed by atoms with Crippen LogP contribution in [0.4, 0.5) is 13.2 Å². The standard InChI is InChI=1S/C12H21F3N2/c1-16-7-3-2-4-8-17-9-5-11(6-10-17)12(13,14)15/h5,16H,2-4,6-10H2,1H3. The SMILES string of the molecule is CNCCCCCN1CC=C(C(F)(F)F)CC1. The molecule has 0 bridgehead atoms. The van der Waals surface area contributed by atoms with Crippen LogP contribution in [0.25, 0.3) is 0 Å². The first-order chi connectivity index (χ1) is 8.04. The summed E-state index contributed by atoms with van der Waals surface area (Å²) in [6.45, 7) is 2.90. The van der Waals surface area contributed by atoms with Crippen molar-refractivity contribution in [2.75, 3.05) is 33.2 Å². The smallest absolute Gasteiger partial charge is 0.320 e. The fraction of sp³-hybridized carbons (Fsp3) is 0.833. The van der Waals surface area contributed by atoms with Gasteiger partial charge in [-0.05, 0) is 39.4 Å². The minimum Gasteiger partial charge on any atom is -0.320 e. The second kappa shape index (κ2) is 7.01. The zero-order valence-electron chi connectivity index (χ0n) is 10.3. The highest BCUT2D eigenvalue weighted by Gasteiger charge is 2.34. The van der Waals surface area contributed by atoms with Crippen LogP contribution in [0.5, 0.6) is 0 Å². The Labute approximate surface area is 101 Å². The molecule has 0 aliphatic carbocycles. The van der Waals surface area contributed by atoms with Crippen LogP contribution >= 0.6 is 0 Å². The number of alkyl halides is 3. The minimum absolute atomic E-state index is 0.139. The van der Waals surface area contributed by atoms with Gasteiger partial charge in [-0.3, -0.25) is 4.90 Å². The van der Waals surface area contributed by atoms with Crippen LogP contribution in [-0.4, -0.2) is 44.3 Å². The van der Waals surface area contributed by atoms with Crippen LogP contribution in [-0.2, 0) is 0 Å². The van der Waals surface area contributed by atoms with E-state index in [-0.39, 0.29) is 12.0 Å². The van der Waals surface area contributed by atoms with Crippen molar-refractivity contribution < 1.29 is 13.2 Å². The van der Waals surface area contributed by atoms with Crippen LogP contribution in [0.3, 0.4) is 0 Å². The molecule has 0 radical (unpaired) electrons. The van der Waals surface area contributed by atoms with Gasteiger partial charge in [-0.1, -0.05) is 12.5 Å². The van der Waals surface area contributed by atoms with Crippen LogP contribution in [0.2, 0.25) is 0 Å². The molecule has 0 aromatic rings. The average molecular weight is 250 g/mol. The molecule has 1 rings (SSSR count). The Morgan fingerprint density at radius 1 is 1.29 bits per heavy atom. The van der Waals surface area contributed by atoms with Gasteiger partial charge in [0.1, 0.15) is 0 Å². The van der Waals surface area contributed by atoms with E-state index in [9.17, 15) is 13.2 Å². The van der Waals surface area contributed by atoms with Crippen LogP contribution < -0.4 is 5.32 Å². The van der Waals surface area contributed by atoms with Gasteiger partial charge in [-0.25, -0.2) is 0 Å². The molecule has 1 aliphatic heterocycles. The number of halogens is 3. The summed E-state index contributed by atoms with van der Waals surface area (Å²) in [7, 11) is 1.92. The molecule has 0 unspecified atom stereocenters. The van der Waals surface area contributed by atoms with E-state index in [1.807, 2.05) is 7.05 Å². The lowest BCUT2D eigenvalue weighted by atomic mass is 10.1. The Balaban J connectivity index is 2.17. The molecule has 0 atom stereocenters. The highest BCUT2D eigenvalue weighted by molar-refractivity contribution is 5.12. The second-order valence-electron chi connectivity index (χ2n) is 4.44. The molecule has 1 N–H and O–H groups in total. The third kappa shape index (κ3) is 5.55. The summed E-state index contributed by atoms with van der Waals surface area (Å²) in [5.74, 6) is 0. The van der Waals surface area contributed by atoms with Gasteiger partial charge >= 0.3 is 6.18 Å². The third-order valence-electron chi connectivity index (χ3n) is 3.06. The molecule has 100 valence electrons. The Morgan fingerprint density at radius 2 is 2.06 bits per heavy atom. The summed E-state index contributed by atoms with van der Waals surface area (Å²) < 4.78 is 37.1. The van der Waals surface area contributed by atoms with Gasteiger partial charge in [-0.15, -0.1) is 0 Å². The molecule has 0 aromatic heterocycles. The summed E-state index contributed by atoms with van der Waals surface area (Å²) in [5, 5.41) is 3.08. The van der Waals surface area contributed by atoms with Crippen LogP contribution in [0.1, 0.15) is 25.7 Å². The number of unbranched alkanes of at least 4 members (excludes halogenated alkanes) is 2. The van der Waals surface area contributed by atoms with Crippen LogP contribution in [0.15, 0.2) is 11.6 Å². The lowest BCUT2D eigenvalue weighted by Gasteiger charge is -2.27. The lowest BCUT2D eigenvalue weighted by Crippen LogP contribution is -2.32. The maximum Gasteiger partial charge on any atom is 0.412 e. The van der Waals surface area contributed by atoms with Crippen molar-refractivity contribution in [1.82, 2.24) is 10.2 Å². The Bertz CT molecular complexity index is 249. The average Bonchev–Trinajstić information content (AvgIpc) is 2.28. The van der Waals surface area contributed by atoms with E-state index in [1.165, 1.54) is 6.08 Å². The zero-order chi connectivity index (χ0) is 12.7. The molecule has 0 fully saturated rings. The molecule has 0 saturated carbocycles. The van der Waals surface area contributed by atoms with E-state index < -0.39 is 6.18 Å². The molecule has 2 nitrogen and oxygen atoms in total. The first-order valence-corrected chi connectivity index (χ1v) is 6.17. The van der Waals surface area contributed by atoms with E-state index in [1.54, 1.807) is 0 Å². The molecular weight excluding hydrogens is 229 g/mol. The van der Waals surface area contributed by atoms with Crippen molar-refractivity contribution in [3.63, 3.8) is 0 Å². The lowest BCUT2D eigenvalue weighted by molar-refractivity contribution is -0.0960. The van der Waals surface area contributed by atoms with Crippen molar-refractivity contribution in [2.24, 2.45) is 0 Å². The first-order valence-electron chi connectivity index (χ1n) is 6.17. The number of rotatable bonds is 6. The normalized spacial score (nSPS) is 18.2. The zero-order valence-corrected chi connectivity index (χ0v) is 10.3. The van der Waals surface area contributed by atoms with E-state index in [4.69, 9.17) is 0 Å². The molecule has 17 heavy (non-hydrogen) atoms. The predicted molar refractivity (Wildman–Crippen MR) is 63.0 cm³/mol. The highest BCUT2D eigenvalue weighted by Crippen LogP contribution is 2.30. The summed E-state index contributed by atoms with van der Waals surface area (Å²) in [4.78, 5) is 2.09. The number of hydrogen-bond acceptors (Lipinski definition) is 2. The van der Waals surface area contributed by atoms with E-state index >= 15 is 0 Å². The molecule has 0 saturated heterocycles. The summed E-state index contributed by atoms with van der Waals surface area (Å²) in [6, 6.07) is 0. The fourth-order valence-corrected chi connectivity index (χ4v) is 1.99. The molecule has 5 heteroatoms. The monoisotopic (exact) mass is 250 g/mol. The Hall–Kier alpha value is -0.550. The van der Waals surface area contributed by atoms with Crippen molar-refractivity contribution >= 4 is 0 Å². The first kappa shape index (κ1) is 14.5. The van der Waals surface area contributed by atoms with E-state index in [0.717, 1.165) is 32.4 Å². The van der Waals surface area contributed by atoms with Crippen molar-refractivity contribution in [3.05, 3.63) is 11.6 Å². The van der Waals surface area contributed by atoms with Gasteiger partial charge in [0.2, 0.25) is 0 Å². The quantitative estimate of drug-likeness (QED) is 0.576. The number of hydrogen-bond donors (Lipinski definition) is 1. The Kier molecular flexibility index (Phi) is 5.98. The molecule has 0 spiro atoms. The van der Waals surface area contributed by atoms with Gasteiger partial charge in [0, 0.05) is 18.7 Å². The van der Waals surface area contributed by atoms with Gasteiger partial charge < -0.3 is 5.32 Å². The van der Waals surface area contributed by atoms with Gasteiger partial charge in [0.15, 0.2) is 0 Å². The number of nitrogens with one attached hydrogen (secondary N) is 1. The fourth-order valence-electron chi connectivity index (χ4n) is 1.99. The maximum absolute atomic E-state index is 12.4. The maximum atomic E-state index is 12.4. The highest BCUT2D eigenvalue weighted by atomic mass is 19.4. The van der Waals surface area contributed by atoms with E-state index in [2.05, 4.69) is 10.2 Å². The molecular formula is C12H21F3N2. The van der Waals surface area contributed by atoms with Gasteiger partial charge in [0.25, 0.3) is 0 Å². The van der Waals surface area contributed by atoms with Crippen LogP contribution in [0, 0.1) is 0 Å². The van der Waals surface area contributed by atoms with Crippen molar-refractivity contribution in [3.8, 4) is 0 Å². The molecule has 0 amide bonds. The third-order valence-corrected chi connectivity index (χ3v) is 3.06. The van der Waals surface area contributed by atoms with Gasteiger partial charge in [-0.2, -0.15) is 13.2 Å². The molecule has 0 aromatic carbocycles. The van der Waals surface area contributed by atoms with Crippen molar-refractivity contribution in [2.45, 2.75) is 31.9 Å². The summed E-state index contributed by atoms with van der Waals surface area (Å²) in [5.41, 5.74) is -0.357. The summed E-state index contributed by atoms with van der Waals surface area (Å²) in [6.07, 6.45) is 0.675. The minimum atomic E-state index is -4.13. The van der Waals surface area contributed by atoms with E-state index in [0.29, 0.717) is 13.1 Å².